The van der Waals surface area contributed by atoms with Crippen molar-refractivity contribution in [2.45, 2.75) is 18.8 Å². The lowest BCUT2D eigenvalue weighted by Gasteiger charge is -2.08. The second-order valence-corrected chi connectivity index (χ2v) is 6.22. The number of hydrogen-bond acceptors (Lipinski definition) is 5. The first-order valence-electron chi connectivity index (χ1n) is 6.41. The van der Waals surface area contributed by atoms with Crippen LogP contribution >= 0.6 is 22.9 Å². The molecular formula is C14H13ClN2O3S. The molecule has 0 fully saturated rings. The van der Waals surface area contributed by atoms with Crippen LogP contribution in [0.5, 0.6) is 5.75 Å². The first-order chi connectivity index (χ1) is 10.1. The molecule has 1 aromatic carbocycles. The number of nitrogens with one attached hydrogen (secondary N) is 1. The van der Waals surface area contributed by atoms with Gasteiger partial charge in [-0.15, -0.1) is 11.3 Å². The smallest absolute Gasteiger partial charge is 0.312 e. The van der Waals surface area contributed by atoms with E-state index in [1.807, 2.05) is 0 Å². The molecule has 7 heteroatoms. The van der Waals surface area contributed by atoms with Crippen molar-refractivity contribution in [1.82, 2.24) is 4.98 Å². The van der Waals surface area contributed by atoms with E-state index in [-0.39, 0.29) is 0 Å². The number of nitrogens with zero attached hydrogens (tertiary/aromatic N) is 1. The molecule has 0 spiro atoms. The van der Waals surface area contributed by atoms with Crippen LogP contribution < -0.4 is 10.1 Å². The van der Waals surface area contributed by atoms with E-state index >= 15 is 0 Å². The average Bonchev–Trinajstić information content (AvgIpc) is 3.00. The van der Waals surface area contributed by atoms with Gasteiger partial charge in [0.25, 0.3) is 0 Å². The SMILES string of the molecule is COc1ccc(Cl)c(Nc2nc3c(s2)CCC3C(=O)O)c1. The zero-order valence-corrected chi connectivity index (χ0v) is 12.8. The topological polar surface area (TPSA) is 71.5 Å². The lowest BCUT2D eigenvalue weighted by molar-refractivity contribution is -0.138. The third-order valence-corrected chi connectivity index (χ3v) is 4.81. The molecule has 2 N–H and O–H groups in total. The molecule has 110 valence electrons. The molecule has 0 saturated carbocycles. The Kier molecular flexibility index (Phi) is 3.73. The van der Waals surface area contributed by atoms with Gasteiger partial charge in [-0.1, -0.05) is 11.6 Å². The first-order valence-corrected chi connectivity index (χ1v) is 7.61. The highest BCUT2D eigenvalue weighted by Crippen LogP contribution is 2.40. The highest BCUT2D eigenvalue weighted by Gasteiger charge is 2.32. The van der Waals surface area contributed by atoms with Crippen molar-refractivity contribution < 1.29 is 14.6 Å². The Morgan fingerprint density at radius 3 is 3.10 bits per heavy atom. The van der Waals surface area contributed by atoms with Crippen LogP contribution in [0, 0.1) is 0 Å². The van der Waals surface area contributed by atoms with E-state index in [2.05, 4.69) is 10.3 Å². The zero-order valence-electron chi connectivity index (χ0n) is 11.2. The summed E-state index contributed by atoms with van der Waals surface area (Å²) in [5, 5.41) is 13.5. The van der Waals surface area contributed by atoms with Crippen molar-refractivity contribution in [3.8, 4) is 5.75 Å². The molecule has 0 bridgehead atoms. The maximum absolute atomic E-state index is 11.2. The van der Waals surface area contributed by atoms with Crippen molar-refractivity contribution in [3.63, 3.8) is 0 Å². The van der Waals surface area contributed by atoms with E-state index < -0.39 is 11.9 Å². The number of carbonyl (C=O) groups is 1. The van der Waals surface area contributed by atoms with Crippen molar-refractivity contribution in [1.29, 1.82) is 0 Å². The molecule has 1 aliphatic carbocycles. The largest absolute Gasteiger partial charge is 0.497 e. The summed E-state index contributed by atoms with van der Waals surface area (Å²) in [4.78, 5) is 16.6. The molecule has 0 aliphatic heterocycles. The van der Waals surface area contributed by atoms with Gasteiger partial charge in [-0.2, -0.15) is 0 Å². The minimum atomic E-state index is -0.815. The fourth-order valence-corrected chi connectivity index (χ4v) is 3.58. The number of aryl methyl sites for hydroxylation is 1. The minimum Gasteiger partial charge on any atom is -0.497 e. The maximum Gasteiger partial charge on any atom is 0.312 e. The van der Waals surface area contributed by atoms with Gasteiger partial charge in [-0.3, -0.25) is 4.79 Å². The van der Waals surface area contributed by atoms with E-state index in [1.54, 1.807) is 25.3 Å². The van der Waals surface area contributed by atoms with E-state index in [0.717, 1.165) is 11.3 Å². The quantitative estimate of drug-likeness (QED) is 0.898. The predicted octanol–water partition coefficient (Wildman–Crippen LogP) is 3.66. The number of methoxy groups -OCH3 is 1. The van der Waals surface area contributed by atoms with Crippen LogP contribution in [-0.2, 0) is 11.2 Å². The van der Waals surface area contributed by atoms with Crippen molar-refractivity contribution in [2.24, 2.45) is 0 Å². The molecule has 5 nitrogen and oxygen atoms in total. The second-order valence-electron chi connectivity index (χ2n) is 4.73. The molecule has 0 amide bonds. The molecule has 3 rings (SSSR count). The van der Waals surface area contributed by atoms with Crippen LogP contribution in [0.2, 0.25) is 5.02 Å². The number of aromatic nitrogens is 1. The van der Waals surface area contributed by atoms with Crippen LogP contribution in [0.1, 0.15) is 22.9 Å². The molecular weight excluding hydrogens is 312 g/mol. The van der Waals surface area contributed by atoms with Gasteiger partial charge in [-0.25, -0.2) is 4.98 Å². The molecule has 1 heterocycles. The minimum absolute atomic E-state index is 0.493. The molecule has 0 saturated heterocycles. The fourth-order valence-electron chi connectivity index (χ4n) is 2.36. The number of halogens is 1. The number of ether oxygens (including phenoxy) is 1. The van der Waals surface area contributed by atoms with E-state index in [1.165, 1.54) is 11.3 Å². The van der Waals surface area contributed by atoms with Crippen LogP contribution in [0.3, 0.4) is 0 Å². The summed E-state index contributed by atoms with van der Waals surface area (Å²) in [6, 6.07) is 5.30. The van der Waals surface area contributed by atoms with Gasteiger partial charge in [0.15, 0.2) is 5.13 Å². The van der Waals surface area contributed by atoms with E-state index in [4.69, 9.17) is 16.3 Å². The Morgan fingerprint density at radius 2 is 2.38 bits per heavy atom. The summed E-state index contributed by atoms with van der Waals surface area (Å²) in [6.45, 7) is 0. The Bertz CT molecular complexity index is 702. The molecule has 0 radical (unpaired) electrons. The molecule has 1 aliphatic rings. The standard InChI is InChI=1S/C14H13ClN2O3S/c1-20-7-2-4-9(15)10(6-7)16-14-17-12-8(13(18)19)3-5-11(12)21-14/h2,4,6,8H,3,5H2,1H3,(H,16,17)(H,18,19). The van der Waals surface area contributed by atoms with Gasteiger partial charge in [0.2, 0.25) is 0 Å². The number of carboxylic acids is 1. The number of fused-ring (bicyclic) bond motifs is 1. The summed E-state index contributed by atoms with van der Waals surface area (Å²) < 4.78 is 5.16. The number of carboxylic acid groups (broad SMARTS) is 1. The molecule has 1 aromatic heterocycles. The van der Waals surface area contributed by atoms with Crippen LogP contribution in [0.25, 0.3) is 0 Å². The fraction of sp³-hybridized carbons (Fsp3) is 0.286. The van der Waals surface area contributed by atoms with Crippen molar-refractivity contribution >= 4 is 39.7 Å². The van der Waals surface area contributed by atoms with E-state index in [9.17, 15) is 9.90 Å². The molecule has 2 aromatic rings. The van der Waals surface area contributed by atoms with Gasteiger partial charge in [0.1, 0.15) is 11.7 Å². The normalized spacial score (nSPS) is 16.6. The molecule has 21 heavy (non-hydrogen) atoms. The summed E-state index contributed by atoms with van der Waals surface area (Å²) in [6.07, 6.45) is 1.39. The van der Waals surface area contributed by atoms with Gasteiger partial charge in [0, 0.05) is 10.9 Å². The Morgan fingerprint density at radius 1 is 1.57 bits per heavy atom. The summed E-state index contributed by atoms with van der Waals surface area (Å²) in [5.41, 5.74) is 1.37. The number of rotatable bonds is 4. The van der Waals surface area contributed by atoms with Crippen LogP contribution in [0.4, 0.5) is 10.8 Å². The van der Waals surface area contributed by atoms with Gasteiger partial charge >= 0.3 is 5.97 Å². The number of hydrogen-bond donors (Lipinski definition) is 2. The highest BCUT2D eigenvalue weighted by molar-refractivity contribution is 7.15. The molecule has 1 atom stereocenters. The highest BCUT2D eigenvalue weighted by atomic mass is 35.5. The van der Waals surface area contributed by atoms with Crippen molar-refractivity contribution in [3.05, 3.63) is 33.8 Å². The van der Waals surface area contributed by atoms with Crippen LogP contribution in [-0.4, -0.2) is 23.2 Å². The Balaban J connectivity index is 1.87. The lowest BCUT2D eigenvalue weighted by Crippen LogP contribution is -2.08. The van der Waals surface area contributed by atoms with E-state index in [0.29, 0.717) is 33.7 Å². The number of aliphatic carboxylic acids is 1. The van der Waals surface area contributed by atoms with Gasteiger partial charge in [-0.05, 0) is 25.0 Å². The van der Waals surface area contributed by atoms with Gasteiger partial charge < -0.3 is 15.2 Å². The Labute approximate surface area is 130 Å². The second kappa shape index (κ2) is 5.54. The average molecular weight is 325 g/mol. The Hall–Kier alpha value is -1.79. The maximum atomic E-state index is 11.2. The molecule has 1 unspecified atom stereocenters. The summed E-state index contributed by atoms with van der Waals surface area (Å²) in [5.74, 6) is -0.619. The third kappa shape index (κ3) is 2.69. The number of thiazole rings is 1. The van der Waals surface area contributed by atoms with Gasteiger partial charge in [0.05, 0.1) is 23.5 Å². The summed E-state index contributed by atoms with van der Waals surface area (Å²) >= 11 is 7.62. The monoisotopic (exact) mass is 324 g/mol. The number of anilines is 2. The predicted molar refractivity (Wildman–Crippen MR) is 82.1 cm³/mol. The first kappa shape index (κ1) is 14.2. The zero-order chi connectivity index (χ0) is 15.0. The number of benzene rings is 1. The van der Waals surface area contributed by atoms with Crippen LogP contribution in [0.15, 0.2) is 18.2 Å². The lowest BCUT2D eigenvalue weighted by atomic mass is 10.1. The third-order valence-electron chi connectivity index (χ3n) is 3.43. The van der Waals surface area contributed by atoms with Crippen molar-refractivity contribution in [2.75, 3.05) is 12.4 Å². The summed E-state index contributed by atoms with van der Waals surface area (Å²) in [7, 11) is 1.59.